The third-order valence-corrected chi connectivity index (χ3v) is 5.74. The fourth-order valence-electron chi connectivity index (χ4n) is 3.96. The van der Waals surface area contributed by atoms with E-state index < -0.39 is 0 Å². The summed E-state index contributed by atoms with van der Waals surface area (Å²) >= 11 is 12.9. The van der Waals surface area contributed by atoms with Crippen molar-refractivity contribution in [3.63, 3.8) is 0 Å². The maximum absolute atomic E-state index is 6.67. The van der Waals surface area contributed by atoms with Crippen molar-refractivity contribution in [3.8, 4) is 11.1 Å². The Hall–Kier alpha value is -0.0369. The molecule has 134 valence electrons. The van der Waals surface area contributed by atoms with E-state index in [2.05, 4.69) is 50.3 Å². The zero-order chi connectivity index (χ0) is 16.2. The second-order valence-corrected chi connectivity index (χ2v) is 7.72. The average Bonchev–Trinajstić information content (AvgIpc) is 3.13. The van der Waals surface area contributed by atoms with Crippen LogP contribution in [0, 0.1) is 0 Å². The van der Waals surface area contributed by atoms with Crippen LogP contribution >= 0.6 is 23.2 Å². The predicted molar refractivity (Wildman–Crippen MR) is 99.6 cm³/mol. The third kappa shape index (κ3) is 3.89. The summed E-state index contributed by atoms with van der Waals surface area (Å²) in [4.78, 5) is 0. The maximum Gasteiger partial charge on any atom is 2.00 e. The van der Waals surface area contributed by atoms with Gasteiger partial charge in [-0.3, -0.25) is 0 Å². The van der Waals surface area contributed by atoms with Gasteiger partial charge in [0.15, 0.2) is 0 Å². The van der Waals surface area contributed by atoms with Crippen molar-refractivity contribution < 1.29 is 51.0 Å². The summed E-state index contributed by atoms with van der Waals surface area (Å²) in [5, 5.41) is 1.66. The summed E-state index contributed by atoms with van der Waals surface area (Å²) in [6, 6.07) is 10.4. The Morgan fingerprint density at radius 1 is 0.962 bits per heavy atom. The van der Waals surface area contributed by atoms with Gasteiger partial charge in [-0.25, -0.2) is 0 Å². The second kappa shape index (κ2) is 8.98. The van der Waals surface area contributed by atoms with Gasteiger partial charge >= 0.3 is 26.2 Å². The van der Waals surface area contributed by atoms with Crippen molar-refractivity contribution in [2.24, 2.45) is 0 Å². The minimum atomic E-state index is -0.0717. The van der Waals surface area contributed by atoms with E-state index in [9.17, 15) is 0 Å². The van der Waals surface area contributed by atoms with Crippen molar-refractivity contribution in [2.75, 3.05) is 0 Å². The van der Waals surface area contributed by atoms with Gasteiger partial charge in [-0.05, 0) is 58.9 Å². The molecule has 0 fully saturated rings. The van der Waals surface area contributed by atoms with E-state index in [1.54, 1.807) is 0 Å². The van der Waals surface area contributed by atoms with Crippen LogP contribution in [-0.4, -0.2) is 0 Å². The van der Waals surface area contributed by atoms with Gasteiger partial charge in [0.05, 0.1) is 0 Å². The average molecular weight is 503 g/mol. The van der Waals surface area contributed by atoms with Crippen LogP contribution in [0.15, 0.2) is 54.1 Å². The van der Waals surface area contributed by atoms with Crippen LogP contribution in [0.1, 0.15) is 37.0 Å². The molecule has 0 atom stereocenters. The Kier molecular flexibility index (Phi) is 8.29. The number of allylic oxidation sites excluding steroid dienone is 4. The summed E-state index contributed by atoms with van der Waals surface area (Å²) in [6.45, 7) is 4.56. The van der Waals surface area contributed by atoms with Crippen LogP contribution in [-0.2, 0) is 38.0 Å². The summed E-state index contributed by atoms with van der Waals surface area (Å²) < 4.78 is 0. The van der Waals surface area contributed by atoms with Crippen LogP contribution in [0.3, 0.4) is 0 Å². The molecule has 2 aromatic rings. The molecule has 5 heteroatoms. The Morgan fingerprint density at radius 2 is 1.65 bits per heavy atom. The molecule has 2 aromatic carbocycles. The number of hydrogen-bond donors (Lipinski definition) is 0. The van der Waals surface area contributed by atoms with E-state index >= 15 is 0 Å². The standard InChI is InChI=1S/C21H18Cl2.2ClH.Zr/c1-21(2,14-5-3-4-6-14)20-18-12-13-11-15(22)7-8-16(13)17(18)9-10-19(20)23;;;/h3-5,7-11H,6,12H2,1-2H3;2*1H;/q;;;+2/p-2. The van der Waals surface area contributed by atoms with Gasteiger partial charge < -0.3 is 24.8 Å². The van der Waals surface area contributed by atoms with Crippen molar-refractivity contribution in [1.29, 1.82) is 0 Å². The molecule has 0 bridgehead atoms. The molecule has 2 aliphatic carbocycles. The molecule has 0 nitrogen and oxygen atoms in total. The first-order chi connectivity index (χ1) is 11.0. The summed E-state index contributed by atoms with van der Waals surface area (Å²) in [5.74, 6) is 0. The third-order valence-electron chi connectivity index (χ3n) is 5.19. The Balaban J connectivity index is 0.00000113. The molecule has 0 N–H and O–H groups in total. The molecule has 4 rings (SSSR count). The zero-order valence-corrected chi connectivity index (χ0v) is 20.0. The minimum absolute atomic E-state index is 0. The van der Waals surface area contributed by atoms with Crippen molar-refractivity contribution in [1.82, 2.24) is 0 Å². The number of hydrogen-bond acceptors (Lipinski definition) is 0. The van der Waals surface area contributed by atoms with Gasteiger partial charge in [-0.1, -0.05) is 73.0 Å². The number of benzene rings is 2. The molecule has 0 saturated carbocycles. The number of rotatable bonds is 2. The zero-order valence-electron chi connectivity index (χ0n) is 14.5. The monoisotopic (exact) mass is 500 g/mol. The minimum Gasteiger partial charge on any atom is -1.00 e. The normalized spacial score (nSPS) is 13.8. The molecule has 0 heterocycles. The molecule has 26 heavy (non-hydrogen) atoms. The summed E-state index contributed by atoms with van der Waals surface area (Å²) in [6.07, 6.45) is 8.50. The largest absolute Gasteiger partial charge is 2.00 e. The Morgan fingerprint density at radius 3 is 2.31 bits per heavy atom. The predicted octanol–water partition coefficient (Wildman–Crippen LogP) is 0.734. The van der Waals surface area contributed by atoms with Crippen LogP contribution in [0.2, 0.25) is 10.0 Å². The van der Waals surface area contributed by atoms with Crippen LogP contribution in [0.4, 0.5) is 0 Å². The first-order valence-corrected chi connectivity index (χ1v) is 8.71. The fourth-order valence-corrected chi connectivity index (χ4v) is 4.57. The van der Waals surface area contributed by atoms with E-state index in [1.165, 1.54) is 33.4 Å². The van der Waals surface area contributed by atoms with Gasteiger partial charge in [0, 0.05) is 15.5 Å². The fraction of sp³-hybridized carbons (Fsp3) is 0.238. The first-order valence-electron chi connectivity index (χ1n) is 7.95. The van der Waals surface area contributed by atoms with E-state index in [0.29, 0.717) is 0 Å². The molecule has 0 amide bonds. The molecular weight excluding hydrogens is 485 g/mol. The SMILES string of the molecule is CC(C)(C1=CC=CC1)c1c(Cl)ccc2c1Cc1cc(Cl)ccc1-2.[Cl-].[Cl-].[Zr+2]. The summed E-state index contributed by atoms with van der Waals surface area (Å²) in [5.41, 5.74) is 7.85. The Bertz CT molecular complexity index is 882. The van der Waals surface area contributed by atoms with Crippen molar-refractivity contribution in [3.05, 3.63) is 80.9 Å². The van der Waals surface area contributed by atoms with Gasteiger partial charge in [-0.2, -0.15) is 0 Å². The van der Waals surface area contributed by atoms with Crippen molar-refractivity contribution >= 4 is 23.2 Å². The van der Waals surface area contributed by atoms with Crippen LogP contribution < -0.4 is 24.8 Å². The summed E-state index contributed by atoms with van der Waals surface area (Å²) in [7, 11) is 0. The van der Waals surface area contributed by atoms with Gasteiger partial charge in [-0.15, -0.1) is 0 Å². The molecule has 0 aromatic heterocycles. The first kappa shape index (κ1) is 24.0. The number of halogens is 4. The molecule has 2 aliphatic rings. The van der Waals surface area contributed by atoms with E-state index in [0.717, 1.165) is 22.9 Å². The van der Waals surface area contributed by atoms with Crippen molar-refractivity contribution in [2.45, 2.75) is 32.1 Å². The quantitative estimate of drug-likeness (QED) is 0.484. The topological polar surface area (TPSA) is 0 Å². The van der Waals surface area contributed by atoms with E-state index in [-0.39, 0.29) is 56.4 Å². The van der Waals surface area contributed by atoms with Gasteiger partial charge in [0.2, 0.25) is 0 Å². The molecule has 0 unspecified atom stereocenters. The number of fused-ring (bicyclic) bond motifs is 3. The van der Waals surface area contributed by atoms with Gasteiger partial charge in [0.25, 0.3) is 0 Å². The van der Waals surface area contributed by atoms with E-state index in [4.69, 9.17) is 23.2 Å². The van der Waals surface area contributed by atoms with E-state index in [1.807, 2.05) is 12.1 Å². The van der Waals surface area contributed by atoms with Crippen LogP contribution in [0.5, 0.6) is 0 Å². The molecule has 0 saturated heterocycles. The smallest absolute Gasteiger partial charge is 1.00 e. The Labute approximate surface area is 197 Å². The van der Waals surface area contributed by atoms with Gasteiger partial charge in [0.1, 0.15) is 0 Å². The molecule has 0 aliphatic heterocycles. The molecule has 0 radical (unpaired) electrons. The molecule has 0 spiro atoms. The molecular formula is C21H18Cl4Zr. The van der Waals surface area contributed by atoms with Crippen LogP contribution in [0.25, 0.3) is 11.1 Å². The maximum atomic E-state index is 6.67. The second-order valence-electron chi connectivity index (χ2n) is 6.88.